The van der Waals surface area contributed by atoms with Gasteiger partial charge in [0.25, 0.3) is 0 Å². The van der Waals surface area contributed by atoms with Gasteiger partial charge in [-0.05, 0) is 29.7 Å². The number of carbonyl (C=O) groups is 2. The second kappa shape index (κ2) is 11.1. The molecule has 0 bridgehead atoms. The van der Waals surface area contributed by atoms with Crippen molar-refractivity contribution in [2.45, 2.75) is 32.4 Å². The number of carbonyl (C=O) groups excluding carboxylic acids is 2. The summed E-state index contributed by atoms with van der Waals surface area (Å²) < 4.78 is 5.19. The number of benzene rings is 2. The monoisotopic (exact) mass is 384 g/mol. The number of nitrogens with one attached hydrogen (secondary N) is 1. The molecule has 0 unspecified atom stereocenters. The summed E-state index contributed by atoms with van der Waals surface area (Å²) in [5.74, 6) is 0.371. The minimum atomic E-state index is -0.741. The van der Waals surface area contributed by atoms with Crippen molar-refractivity contribution in [3.63, 3.8) is 0 Å². The average Bonchev–Trinajstić information content (AvgIpc) is 2.74. The standard InChI is InChI=1S/C22H28N2O4/c1-3-20(26)24(16-17-10-12-19(28-2)13-11-17)21(18-8-5-4-6-9-18)22(27)23-14-7-15-25/h4-6,8-13,21,25H,3,7,14-16H2,1-2H3,(H,23,27)/t21-/m0/s1. The molecule has 28 heavy (non-hydrogen) atoms. The van der Waals surface area contributed by atoms with Gasteiger partial charge in [-0.2, -0.15) is 0 Å². The van der Waals surface area contributed by atoms with Crippen molar-refractivity contribution in [1.82, 2.24) is 10.2 Å². The van der Waals surface area contributed by atoms with Gasteiger partial charge in [-0.1, -0.05) is 49.4 Å². The van der Waals surface area contributed by atoms with E-state index in [0.29, 0.717) is 25.9 Å². The summed E-state index contributed by atoms with van der Waals surface area (Å²) in [6, 6.07) is 16.0. The first kappa shape index (κ1) is 21.4. The van der Waals surface area contributed by atoms with E-state index < -0.39 is 6.04 Å². The van der Waals surface area contributed by atoms with Gasteiger partial charge < -0.3 is 20.1 Å². The summed E-state index contributed by atoms with van der Waals surface area (Å²) in [6.07, 6.45) is 0.761. The number of methoxy groups -OCH3 is 1. The molecule has 0 aromatic heterocycles. The Morgan fingerprint density at radius 2 is 1.79 bits per heavy atom. The third kappa shape index (κ3) is 5.82. The van der Waals surface area contributed by atoms with E-state index in [9.17, 15) is 9.59 Å². The normalized spacial score (nSPS) is 11.5. The van der Waals surface area contributed by atoms with Crippen LogP contribution in [0.4, 0.5) is 0 Å². The molecule has 0 radical (unpaired) electrons. The van der Waals surface area contributed by atoms with E-state index in [2.05, 4.69) is 5.32 Å². The van der Waals surface area contributed by atoms with Crippen LogP contribution < -0.4 is 10.1 Å². The van der Waals surface area contributed by atoms with E-state index in [-0.39, 0.29) is 18.4 Å². The van der Waals surface area contributed by atoms with Gasteiger partial charge in [0.2, 0.25) is 11.8 Å². The van der Waals surface area contributed by atoms with Gasteiger partial charge in [0, 0.05) is 26.1 Å². The highest BCUT2D eigenvalue weighted by Crippen LogP contribution is 2.25. The predicted molar refractivity (Wildman–Crippen MR) is 108 cm³/mol. The Hall–Kier alpha value is -2.86. The van der Waals surface area contributed by atoms with E-state index in [1.165, 1.54) is 0 Å². The largest absolute Gasteiger partial charge is 0.497 e. The van der Waals surface area contributed by atoms with Crippen LogP contribution in [-0.2, 0) is 16.1 Å². The Balaban J connectivity index is 2.34. The van der Waals surface area contributed by atoms with Crippen molar-refractivity contribution in [3.8, 4) is 5.75 Å². The van der Waals surface area contributed by atoms with Gasteiger partial charge in [0.1, 0.15) is 11.8 Å². The van der Waals surface area contributed by atoms with Crippen LogP contribution in [0, 0.1) is 0 Å². The molecular weight excluding hydrogens is 356 g/mol. The molecule has 2 aromatic carbocycles. The third-order valence-electron chi connectivity index (χ3n) is 4.44. The molecule has 0 saturated carbocycles. The van der Waals surface area contributed by atoms with Crippen molar-refractivity contribution in [1.29, 1.82) is 0 Å². The number of aliphatic hydroxyl groups is 1. The summed E-state index contributed by atoms with van der Waals surface area (Å²) in [6.45, 7) is 2.45. The first-order valence-electron chi connectivity index (χ1n) is 9.46. The molecule has 1 atom stereocenters. The molecule has 6 nitrogen and oxygen atoms in total. The summed E-state index contributed by atoms with van der Waals surface area (Å²) in [7, 11) is 1.60. The number of hydrogen-bond donors (Lipinski definition) is 2. The number of nitrogens with zero attached hydrogens (tertiary/aromatic N) is 1. The lowest BCUT2D eigenvalue weighted by Crippen LogP contribution is -2.43. The van der Waals surface area contributed by atoms with Crippen LogP contribution in [0.1, 0.15) is 36.9 Å². The van der Waals surface area contributed by atoms with Crippen LogP contribution in [0.15, 0.2) is 54.6 Å². The van der Waals surface area contributed by atoms with Gasteiger partial charge in [-0.25, -0.2) is 0 Å². The lowest BCUT2D eigenvalue weighted by Gasteiger charge is -2.31. The maximum absolute atomic E-state index is 13.0. The minimum Gasteiger partial charge on any atom is -0.497 e. The lowest BCUT2D eigenvalue weighted by atomic mass is 10.0. The molecule has 150 valence electrons. The zero-order chi connectivity index (χ0) is 20.4. The van der Waals surface area contributed by atoms with Gasteiger partial charge in [0.15, 0.2) is 0 Å². The highest BCUT2D eigenvalue weighted by atomic mass is 16.5. The zero-order valence-electron chi connectivity index (χ0n) is 16.4. The zero-order valence-corrected chi connectivity index (χ0v) is 16.4. The van der Waals surface area contributed by atoms with Crippen molar-refractivity contribution in [2.24, 2.45) is 0 Å². The van der Waals surface area contributed by atoms with Crippen molar-refractivity contribution in [2.75, 3.05) is 20.3 Å². The Kier molecular flexibility index (Phi) is 8.49. The minimum absolute atomic E-state index is 0.000261. The Labute approximate surface area is 166 Å². The molecule has 0 aliphatic rings. The van der Waals surface area contributed by atoms with Gasteiger partial charge in [-0.15, -0.1) is 0 Å². The fourth-order valence-corrected chi connectivity index (χ4v) is 2.95. The van der Waals surface area contributed by atoms with Crippen molar-refractivity contribution in [3.05, 3.63) is 65.7 Å². The van der Waals surface area contributed by atoms with Crippen LogP contribution in [0.5, 0.6) is 5.75 Å². The van der Waals surface area contributed by atoms with Gasteiger partial charge >= 0.3 is 0 Å². The molecule has 2 aromatic rings. The quantitative estimate of drug-likeness (QED) is 0.618. The highest BCUT2D eigenvalue weighted by molar-refractivity contribution is 5.88. The molecular formula is C22H28N2O4. The van der Waals surface area contributed by atoms with Crippen LogP contribution in [0.25, 0.3) is 0 Å². The highest BCUT2D eigenvalue weighted by Gasteiger charge is 2.30. The fraction of sp³-hybridized carbons (Fsp3) is 0.364. The first-order chi connectivity index (χ1) is 13.6. The topological polar surface area (TPSA) is 78.9 Å². The molecule has 6 heteroatoms. The summed E-state index contributed by atoms with van der Waals surface area (Å²) >= 11 is 0. The molecule has 2 amide bonds. The molecule has 0 fully saturated rings. The second-order valence-electron chi connectivity index (χ2n) is 6.40. The van der Waals surface area contributed by atoms with E-state index in [0.717, 1.165) is 16.9 Å². The number of rotatable bonds is 10. The third-order valence-corrected chi connectivity index (χ3v) is 4.44. The first-order valence-corrected chi connectivity index (χ1v) is 9.46. The number of hydrogen-bond acceptors (Lipinski definition) is 4. The Morgan fingerprint density at radius 1 is 1.11 bits per heavy atom. The Bertz CT molecular complexity index is 747. The van der Waals surface area contributed by atoms with Crippen LogP contribution >= 0.6 is 0 Å². The van der Waals surface area contributed by atoms with Gasteiger partial charge in [0.05, 0.1) is 7.11 Å². The van der Waals surface area contributed by atoms with Gasteiger partial charge in [-0.3, -0.25) is 9.59 Å². The molecule has 2 N–H and O–H groups in total. The van der Waals surface area contributed by atoms with Crippen molar-refractivity contribution >= 4 is 11.8 Å². The number of amides is 2. The summed E-state index contributed by atoms with van der Waals surface area (Å²) in [5, 5.41) is 11.8. The maximum atomic E-state index is 13.0. The second-order valence-corrected chi connectivity index (χ2v) is 6.40. The molecule has 2 rings (SSSR count). The SMILES string of the molecule is CCC(=O)N(Cc1ccc(OC)cc1)[C@H](C(=O)NCCCO)c1ccccc1. The van der Waals surface area contributed by atoms with E-state index >= 15 is 0 Å². The fourth-order valence-electron chi connectivity index (χ4n) is 2.95. The Morgan fingerprint density at radius 3 is 2.36 bits per heavy atom. The van der Waals surface area contributed by atoms with Crippen molar-refractivity contribution < 1.29 is 19.4 Å². The van der Waals surface area contributed by atoms with E-state index in [1.54, 1.807) is 18.9 Å². The maximum Gasteiger partial charge on any atom is 0.247 e. The predicted octanol–water partition coefficient (Wildman–Crippen LogP) is 2.67. The van der Waals surface area contributed by atoms with E-state index in [1.807, 2.05) is 54.6 Å². The molecule has 0 saturated heterocycles. The number of aliphatic hydroxyl groups excluding tert-OH is 1. The lowest BCUT2D eigenvalue weighted by molar-refractivity contribution is -0.141. The summed E-state index contributed by atoms with van der Waals surface area (Å²) in [5.41, 5.74) is 1.66. The molecule has 0 aliphatic heterocycles. The number of ether oxygens (including phenoxy) is 1. The smallest absolute Gasteiger partial charge is 0.247 e. The van der Waals surface area contributed by atoms with E-state index in [4.69, 9.17) is 9.84 Å². The summed E-state index contributed by atoms with van der Waals surface area (Å²) in [4.78, 5) is 27.3. The molecule has 0 spiro atoms. The van der Waals surface area contributed by atoms with Crippen LogP contribution in [0.3, 0.4) is 0 Å². The molecule has 0 aliphatic carbocycles. The molecule has 0 heterocycles. The van der Waals surface area contributed by atoms with Crippen LogP contribution in [-0.4, -0.2) is 42.1 Å². The van der Waals surface area contributed by atoms with Crippen LogP contribution in [0.2, 0.25) is 0 Å². The average molecular weight is 384 g/mol.